The van der Waals surface area contributed by atoms with Crippen LogP contribution in [0.2, 0.25) is 0 Å². The van der Waals surface area contributed by atoms with Crippen LogP contribution in [0.1, 0.15) is 30.1 Å². The molecule has 0 spiro atoms. The van der Waals surface area contributed by atoms with E-state index in [0.29, 0.717) is 6.54 Å². The summed E-state index contributed by atoms with van der Waals surface area (Å²) in [5, 5.41) is -0.188. The second kappa shape index (κ2) is 5.38. The van der Waals surface area contributed by atoms with Crippen LogP contribution in [0.3, 0.4) is 0 Å². The molecule has 0 radical (unpaired) electrons. The molecule has 1 aliphatic rings. The molecule has 18 heavy (non-hydrogen) atoms. The molecule has 0 unspecified atom stereocenters. The van der Waals surface area contributed by atoms with Crippen molar-refractivity contribution in [1.82, 2.24) is 4.72 Å². The molecule has 1 N–H and O–H groups in total. The minimum Gasteiger partial charge on any atom is -0.375 e. The Balaban J connectivity index is 2.04. The second-order valence-corrected chi connectivity index (χ2v) is 6.72. The van der Waals surface area contributed by atoms with Crippen molar-refractivity contribution in [2.45, 2.75) is 31.1 Å². The summed E-state index contributed by atoms with van der Waals surface area (Å²) in [6, 6.07) is 7.86. The molecule has 1 fully saturated rings. The first-order valence-corrected chi connectivity index (χ1v) is 7.66. The van der Waals surface area contributed by atoms with Gasteiger partial charge in [-0.3, -0.25) is 0 Å². The number of rotatable bonds is 6. The van der Waals surface area contributed by atoms with E-state index in [1.807, 2.05) is 31.2 Å². The van der Waals surface area contributed by atoms with Crippen molar-refractivity contribution in [3.63, 3.8) is 0 Å². The molecule has 0 amide bonds. The van der Waals surface area contributed by atoms with Crippen LogP contribution >= 0.6 is 0 Å². The number of aryl methyl sites for hydroxylation is 1. The molecule has 5 heteroatoms. The van der Waals surface area contributed by atoms with Gasteiger partial charge in [0, 0.05) is 13.7 Å². The zero-order valence-electron chi connectivity index (χ0n) is 10.7. The van der Waals surface area contributed by atoms with Crippen molar-refractivity contribution in [2.75, 3.05) is 13.7 Å². The maximum absolute atomic E-state index is 11.8. The van der Waals surface area contributed by atoms with Gasteiger partial charge in [-0.15, -0.1) is 0 Å². The first kappa shape index (κ1) is 13.5. The van der Waals surface area contributed by atoms with Crippen LogP contribution in [-0.2, 0) is 14.8 Å². The fourth-order valence-corrected chi connectivity index (χ4v) is 3.33. The monoisotopic (exact) mass is 269 g/mol. The normalized spacial score (nSPS) is 17.7. The van der Waals surface area contributed by atoms with Gasteiger partial charge in [0.25, 0.3) is 0 Å². The summed E-state index contributed by atoms with van der Waals surface area (Å²) in [6.45, 7) is 2.29. The van der Waals surface area contributed by atoms with E-state index in [1.54, 1.807) is 7.11 Å². The summed E-state index contributed by atoms with van der Waals surface area (Å²) in [6.07, 6.45) is 1.31. The van der Waals surface area contributed by atoms with Crippen molar-refractivity contribution in [3.05, 3.63) is 35.4 Å². The number of methoxy groups -OCH3 is 1. The fraction of sp³-hybridized carbons (Fsp3) is 0.538. The Morgan fingerprint density at radius 3 is 2.61 bits per heavy atom. The first-order chi connectivity index (χ1) is 8.54. The van der Waals surface area contributed by atoms with Crippen LogP contribution in [-0.4, -0.2) is 27.3 Å². The molecule has 1 aliphatic carbocycles. The van der Waals surface area contributed by atoms with Gasteiger partial charge in [0.05, 0.1) is 11.4 Å². The Bertz CT molecular complexity index is 509. The lowest BCUT2D eigenvalue weighted by Crippen LogP contribution is -2.32. The number of ether oxygens (including phenoxy) is 1. The van der Waals surface area contributed by atoms with E-state index in [0.717, 1.165) is 24.0 Å². The van der Waals surface area contributed by atoms with Gasteiger partial charge in [-0.2, -0.15) is 0 Å². The molecule has 1 atom stereocenters. The highest BCUT2D eigenvalue weighted by molar-refractivity contribution is 7.90. The van der Waals surface area contributed by atoms with E-state index in [1.165, 1.54) is 0 Å². The van der Waals surface area contributed by atoms with Gasteiger partial charge in [0.1, 0.15) is 0 Å². The van der Waals surface area contributed by atoms with Gasteiger partial charge >= 0.3 is 0 Å². The Morgan fingerprint density at radius 1 is 1.39 bits per heavy atom. The van der Waals surface area contributed by atoms with E-state index in [9.17, 15) is 8.42 Å². The van der Waals surface area contributed by atoms with Crippen LogP contribution in [0.4, 0.5) is 0 Å². The number of sulfonamides is 1. The second-order valence-electron chi connectivity index (χ2n) is 4.67. The lowest BCUT2D eigenvalue weighted by molar-refractivity contribution is 0.107. The molecule has 0 heterocycles. The minimum atomic E-state index is -3.14. The molecule has 0 aromatic heterocycles. The molecular weight excluding hydrogens is 250 g/mol. The SMILES string of the molecule is CO[C@@H](CNS(=O)(=O)C1CC1)c1ccccc1C. The van der Waals surface area contributed by atoms with E-state index in [4.69, 9.17) is 4.74 Å². The Labute approximate surface area is 108 Å². The highest BCUT2D eigenvalue weighted by atomic mass is 32.2. The third-order valence-electron chi connectivity index (χ3n) is 3.25. The van der Waals surface area contributed by atoms with E-state index >= 15 is 0 Å². The number of benzene rings is 1. The standard InChI is InChI=1S/C13H19NO3S/c1-10-5-3-4-6-12(10)13(17-2)9-14-18(15,16)11-7-8-11/h3-6,11,13-14H,7-9H2,1-2H3/t13-/m0/s1. The summed E-state index contributed by atoms with van der Waals surface area (Å²) in [4.78, 5) is 0. The highest BCUT2D eigenvalue weighted by Crippen LogP contribution is 2.28. The Hall–Kier alpha value is -0.910. The van der Waals surface area contributed by atoms with Crippen LogP contribution in [0.5, 0.6) is 0 Å². The van der Waals surface area contributed by atoms with Crippen molar-refractivity contribution in [2.24, 2.45) is 0 Å². The maximum Gasteiger partial charge on any atom is 0.214 e. The molecule has 4 nitrogen and oxygen atoms in total. The average molecular weight is 269 g/mol. The van der Waals surface area contributed by atoms with Crippen LogP contribution in [0.25, 0.3) is 0 Å². The topological polar surface area (TPSA) is 55.4 Å². The third kappa shape index (κ3) is 3.10. The van der Waals surface area contributed by atoms with Crippen LogP contribution in [0.15, 0.2) is 24.3 Å². The van der Waals surface area contributed by atoms with Crippen molar-refractivity contribution in [1.29, 1.82) is 0 Å². The Kier molecular flexibility index (Phi) is 4.04. The predicted octanol–water partition coefficient (Wildman–Crippen LogP) is 1.76. The quantitative estimate of drug-likeness (QED) is 0.856. The average Bonchev–Trinajstić information content (AvgIpc) is 3.16. The van der Waals surface area contributed by atoms with Crippen molar-refractivity contribution >= 4 is 10.0 Å². The summed E-state index contributed by atoms with van der Waals surface area (Å²) >= 11 is 0. The molecule has 1 saturated carbocycles. The number of hydrogen-bond donors (Lipinski definition) is 1. The zero-order valence-corrected chi connectivity index (χ0v) is 11.5. The predicted molar refractivity (Wildman–Crippen MR) is 70.9 cm³/mol. The van der Waals surface area contributed by atoms with Crippen molar-refractivity contribution in [3.8, 4) is 0 Å². The smallest absolute Gasteiger partial charge is 0.214 e. The number of hydrogen-bond acceptors (Lipinski definition) is 3. The lowest BCUT2D eigenvalue weighted by atomic mass is 10.0. The molecule has 1 aromatic carbocycles. The zero-order chi connectivity index (χ0) is 13.2. The van der Waals surface area contributed by atoms with E-state index in [2.05, 4.69) is 4.72 Å². The lowest BCUT2D eigenvalue weighted by Gasteiger charge is -2.18. The summed E-state index contributed by atoms with van der Waals surface area (Å²) in [7, 11) is -1.54. The molecule has 0 bridgehead atoms. The molecule has 0 saturated heterocycles. The number of nitrogens with one attached hydrogen (secondary N) is 1. The van der Waals surface area contributed by atoms with Gasteiger partial charge in [-0.05, 0) is 30.9 Å². The first-order valence-electron chi connectivity index (χ1n) is 6.11. The highest BCUT2D eigenvalue weighted by Gasteiger charge is 2.35. The van der Waals surface area contributed by atoms with Gasteiger partial charge in [0.2, 0.25) is 10.0 Å². The van der Waals surface area contributed by atoms with Gasteiger partial charge in [-0.25, -0.2) is 13.1 Å². The molecule has 0 aliphatic heterocycles. The molecule has 2 rings (SSSR count). The molecule has 100 valence electrons. The maximum atomic E-state index is 11.8. The third-order valence-corrected chi connectivity index (χ3v) is 5.17. The van der Waals surface area contributed by atoms with E-state index in [-0.39, 0.29) is 11.4 Å². The summed E-state index contributed by atoms with van der Waals surface area (Å²) < 4.78 is 31.6. The minimum absolute atomic E-state index is 0.188. The van der Waals surface area contributed by atoms with Gasteiger partial charge in [0.15, 0.2) is 0 Å². The van der Waals surface area contributed by atoms with Crippen LogP contribution < -0.4 is 4.72 Å². The largest absolute Gasteiger partial charge is 0.375 e. The molecule has 1 aromatic rings. The summed E-state index contributed by atoms with van der Waals surface area (Å²) in [5.74, 6) is 0. The fourth-order valence-electron chi connectivity index (χ4n) is 1.96. The van der Waals surface area contributed by atoms with Crippen molar-refractivity contribution < 1.29 is 13.2 Å². The Morgan fingerprint density at radius 2 is 2.06 bits per heavy atom. The van der Waals surface area contributed by atoms with Gasteiger partial charge < -0.3 is 4.74 Å². The summed E-state index contributed by atoms with van der Waals surface area (Å²) in [5.41, 5.74) is 2.13. The van der Waals surface area contributed by atoms with Gasteiger partial charge in [-0.1, -0.05) is 24.3 Å². The van der Waals surface area contributed by atoms with Crippen LogP contribution in [0, 0.1) is 6.92 Å². The van der Waals surface area contributed by atoms with E-state index < -0.39 is 10.0 Å². The molecular formula is C13H19NO3S.